The summed E-state index contributed by atoms with van der Waals surface area (Å²) in [5.74, 6) is 0.818. The molecular weight excluding hydrogens is 491 g/mol. The highest BCUT2D eigenvalue weighted by Crippen LogP contribution is 2.29. The summed E-state index contributed by atoms with van der Waals surface area (Å²) in [7, 11) is -3.67. The van der Waals surface area contributed by atoms with Gasteiger partial charge in [0.1, 0.15) is 12.4 Å². The fraction of sp³-hybridized carbons (Fsp3) is 0.154. The van der Waals surface area contributed by atoms with Crippen molar-refractivity contribution >= 4 is 44.8 Å². The van der Waals surface area contributed by atoms with Gasteiger partial charge >= 0.3 is 0 Å². The van der Waals surface area contributed by atoms with E-state index >= 15 is 0 Å². The van der Waals surface area contributed by atoms with Crippen molar-refractivity contribution in [2.75, 3.05) is 6.54 Å². The van der Waals surface area contributed by atoms with Gasteiger partial charge in [-0.1, -0.05) is 72.3 Å². The lowest BCUT2D eigenvalue weighted by molar-refractivity contribution is 0.303. The lowest BCUT2D eigenvalue weighted by Gasteiger charge is -2.16. The molecule has 0 unspecified atom stereocenters. The van der Waals surface area contributed by atoms with E-state index in [4.69, 9.17) is 21.5 Å². The molecule has 0 saturated carbocycles. The third-order valence-corrected chi connectivity index (χ3v) is 6.78. The molecule has 0 bridgehead atoms. The van der Waals surface area contributed by atoms with Gasteiger partial charge in [-0.15, -0.1) is 12.4 Å². The Balaban J connectivity index is 0.00000324. The molecule has 34 heavy (non-hydrogen) atoms. The molecule has 5 nitrogen and oxygen atoms in total. The van der Waals surface area contributed by atoms with E-state index in [0.717, 1.165) is 46.2 Å². The molecular formula is C26H26Cl2N2O3S. The summed E-state index contributed by atoms with van der Waals surface area (Å²) >= 11 is 6.29. The van der Waals surface area contributed by atoms with E-state index < -0.39 is 10.0 Å². The lowest BCUT2D eigenvalue weighted by Crippen LogP contribution is -2.18. The average molecular weight is 517 g/mol. The number of sulfonamides is 1. The molecule has 0 aromatic heterocycles. The minimum absolute atomic E-state index is 0. The molecule has 0 atom stereocenters. The van der Waals surface area contributed by atoms with Crippen molar-refractivity contribution in [3.63, 3.8) is 0 Å². The summed E-state index contributed by atoms with van der Waals surface area (Å²) in [5, 5.41) is 11.6. The van der Waals surface area contributed by atoms with Crippen molar-refractivity contribution in [1.29, 1.82) is 0 Å². The summed E-state index contributed by atoms with van der Waals surface area (Å²) in [4.78, 5) is 0.121. The van der Waals surface area contributed by atoms with Crippen LogP contribution in [0.5, 0.6) is 5.75 Å². The van der Waals surface area contributed by atoms with Crippen LogP contribution in [-0.4, -0.2) is 15.0 Å². The van der Waals surface area contributed by atoms with Crippen LogP contribution in [0, 0.1) is 0 Å². The highest BCUT2D eigenvalue weighted by Gasteiger charge is 2.11. The molecule has 0 radical (unpaired) electrons. The number of halogens is 2. The number of nitrogens with two attached hydrogens (primary N) is 1. The van der Waals surface area contributed by atoms with Crippen molar-refractivity contribution in [3.8, 4) is 5.75 Å². The van der Waals surface area contributed by atoms with Gasteiger partial charge in [0.05, 0.1) is 4.90 Å². The van der Waals surface area contributed by atoms with E-state index in [1.807, 2.05) is 42.5 Å². The van der Waals surface area contributed by atoms with Gasteiger partial charge in [-0.25, -0.2) is 13.6 Å². The van der Waals surface area contributed by atoms with E-state index in [-0.39, 0.29) is 17.3 Å². The Bertz CT molecular complexity index is 1360. The SMILES string of the molecule is Cl.NS(=O)(=O)c1ccc(CCNCc2c(OCc3ccccc3Cl)ccc3ccccc23)cc1. The number of hydrogen-bond donors (Lipinski definition) is 2. The molecule has 0 fully saturated rings. The van der Waals surface area contributed by atoms with Crippen molar-refractivity contribution in [2.24, 2.45) is 5.14 Å². The van der Waals surface area contributed by atoms with Gasteiger partial charge in [0, 0.05) is 22.7 Å². The normalized spacial score (nSPS) is 11.2. The first-order chi connectivity index (χ1) is 15.9. The first-order valence-electron chi connectivity index (χ1n) is 10.6. The fourth-order valence-corrected chi connectivity index (χ4v) is 4.40. The number of ether oxygens (including phenoxy) is 1. The van der Waals surface area contributed by atoms with Crippen LogP contribution in [-0.2, 0) is 29.6 Å². The molecule has 4 aromatic rings. The molecule has 3 N–H and O–H groups in total. The summed E-state index contributed by atoms with van der Waals surface area (Å²) < 4.78 is 29.0. The maximum Gasteiger partial charge on any atom is 0.238 e. The van der Waals surface area contributed by atoms with Crippen LogP contribution in [0.2, 0.25) is 5.02 Å². The van der Waals surface area contributed by atoms with Gasteiger partial charge in [0.15, 0.2) is 0 Å². The van der Waals surface area contributed by atoms with Gasteiger partial charge in [-0.3, -0.25) is 0 Å². The highest BCUT2D eigenvalue weighted by molar-refractivity contribution is 7.89. The molecule has 4 rings (SSSR count). The van der Waals surface area contributed by atoms with Gasteiger partial charge < -0.3 is 10.1 Å². The first-order valence-corrected chi connectivity index (χ1v) is 12.5. The standard InChI is InChI=1S/C26H25ClN2O3S.ClH/c27-25-8-4-2-6-21(25)18-32-26-14-11-20-5-1-3-7-23(20)24(26)17-29-16-15-19-9-12-22(13-10-19)33(28,30)31;/h1-14,29H,15-18H2,(H2,28,30,31);1H. The fourth-order valence-electron chi connectivity index (χ4n) is 3.70. The van der Waals surface area contributed by atoms with E-state index in [9.17, 15) is 8.42 Å². The third-order valence-electron chi connectivity index (χ3n) is 5.48. The monoisotopic (exact) mass is 516 g/mol. The number of primary sulfonamides is 1. The van der Waals surface area contributed by atoms with Crippen molar-refractivity contribution in [1.82, 2.24) is 5.32 Å². The summed E-state index contributed by atoms with van der Waals surface area (Å²) in [6.07, 6.45) is 0.755. The van der Waals surface area contributed by atoms with Gasteiger partial charge in [-0.2, -0.15) is 0 Å². The largest absolute Gasteiger partial charge is 0.488 e. The van der Waals surface area contributed by atoms with E-state index in [0.29, 0.717) is 18.2 Å². The molecule has 178 valence electrons. The zero-order valence-electron chi connectivity index (χ0n) is 18.4. The van der Waals surface area contributed by atoms with Gasteiger partial charge in [0.25, 0.3) is 0 Å². The molecule has 4 aromatic carbocycles. The van der Waals surface area contributed by atoms with Gasteiger partial charge in [0.2, 0.25) is 10.0 Å². The van der Waals surface area contributed by atoms with E-state index in [2.05, 4.69) is 23.5 Å². The molecule has 0 aliphatic heterocycles. The van der Waals surface area contributed by atoms with Crippen molar-refractivity contribution < 1.29 is 13.2 Å². The minimum Gasteiger partial charge on any atom is -0.488 e. The quantitative estimate of drug-likeness (QED) is 0.289. The Morgan fingerprint density at radius 1 is 0.882 bits per heavy atom. The van der Waals surface area contributed by atoms with Crippen LogP contribution in [0.1, 0.15) is 16.7 Å². The number of nitrogens with one attached hydrogen (secondary N) is 1. The Labute approximate surface area is 211 Å². The van der Waals surface area contributed by atoms with Crippen molar-refractivity contribution in [2.45, 2.75) is 24.5 Å². The molecule has 0 aliphatic carbocycles. The van der Waals surface area contributed by atoms with Crippen LogP contribution < -0.4 is 15.2 Å². The molecule has 0 spiro atoms. The molecule has 8 heteroatoms. The second-order valence-corrected chi connectivity index (χ2v) is 9.73. The topological polar surface area (TPSA) is 81.4 Å². The van der Waals surface area contributed by atoms with Crippen molar-refractivity contribution in [3.05, 3.63) is 107 Å². The second-order valence-electron chi connectivity index (χ2n) is 7.76. The van der Waals surface area contributed by atoms with E-state index in [1.165, 1.54) is 12.1 Å². The Morgan fingerprint density at radius 3 is 2.32 bits per heavy atom. The third kappa shape index (κ3) is 6.50. The molecule has 0 aliphatic rings. The smallest absolute Gasteiger partial charge is 0.238 e. The number of benzene rings is 4. The molecule has 0 amide bonds. The zero-order chi connectivity index (χ0) is 23.3. The van der Waals surface area contributed by atoms with Crippen LogP contribution in [0.15, 0.2) is 89.8 Å². The summed E-state index contributed by atoms with van der Waals surface area (Å²) in [6, 6.07) is 26.6. The lowest BCUT2D eigenvalue weighted by atomic mass is 10.0. The maximum atomic E-state index is 11.4. The predicted octanol–water partition coefficient (Wildman–Crippen LogP) is 5.47. The molecule has 0 heterocycles. The second kappa shape index (κ2) is 11.7. The summed E-state index contributed by atoms with van der Waals surface area (Å²) in [5.41, 5.74) is 3.06. The molecule has 0 saturated heterocycles. The first kappa shape index (κ1) is 26.0. The predicted molar refractivity (Wildman–Crippen MR) is 140 cm³/mol. The Kier molecular flexibility index (Phi) is 8.94. The van der Waals surface area contributed by atoms with Crippen LogP contribution in [0.4, 0.5) is 0 Å². The summed E-state index contributed by atoms with van der Waals surface area (Å²) in [6.45, 7) is 1.75. The van der Waals surface area contributed by atoms with Crippen LogP contribution in [0.3, 0.4) is 0 Å². The minimum atomic E-state index is -3.67. The Morgan fingerprint density at radius 2 is 1.59 bits per heavy atom. The van der Waals surface area contributed by atoms with Gasteiger partial charge in [-0.05, 0) is 53.6 Å². The van der Waals surface area contributed by atoms with Crippen LogP contribution >= 0.6 is 24.0 Å². The maximum absolute atomic E-state index is 11.4. The Hall–Kier alpha value is -2.61. The average Bonchev–Trinajstić information content (AvgIpc) is 2.81. The number of rotatable bonds is 9. The zero-order valence-corrected chi connectivity index (χ0v) is 20.8. The number of fused-ring (bicyclic) bond motifs is 1. The highest BCUT2D eigenvalue weighted by atomic mass is 35.5. The van der Waals surface area contributed by atoms with E-state index in [1.54, 1.807) is 12.1 Å². The van der Waals surface area contributed by atoms with Crippen LogP contribution in [0.25, 0.3) is 10.8 Å². The number of hydrogen-bond acceptors (Lipinski definition) is 4.